The van der Waals surface area contributed by atoms with E-state index in [1.807, 2.05) is 12.1 Å². The van der Waals surface area contributed by atoms with Crippen LogP contribution in [0.25, 0.3) is 0 Å². The van der Waals surface area contributed by atoms with E-state index in [1.165, 1.54) is 17.2 Å². The topological polar surface area (TPSA) is 12.0 Å². The van der Waals surface area contributed by atoms with Crippen LogP contribution in [0.15, 0.2) is 42.5 Å². The van der Waals surface area contributed by atoms with Gasteiger partial charge < -0.3 is 5.32 Å². The molecular weight excluding hydrogens is 285 g/mol. The van der Waals surface area contributed by atoms with Gasteiger partial charge in [-0.15, -0.1) is 0 Å². The van der Waals surface area contributed by atoms with Crippen LogP contribution < -0.4 is 5.32 Å². The van der Waals surface area contributed by atoms with Gasteiger partial charge in [-0.25, -0.2) is 4.39 Å². The van der Waals surface area contributed by atoms with Crippen molar-refractivity contribution in [2.24, 2.45) is 0 Å². The SMILES string of the molecule is CCNCC(Cc1cccc(F)c1Cl)c1ccccc1C. The van der Waals surface area contributed by atoms with Crippen molar-refractivity contribution >= 4 is 11.6 Å². The average Bonchev–Trinajstić information content (AvgIpc) is 2.48. The van der Waals surface area contributed by atoms with Crippen LogP contribution in [0.5, 0.6) is 0 Å². The molecule has 3 heteroatoms. The third-order valence-corrected chi connectivity index (χ3v) is 4.19. The van der Waals surface area contributed by atoms with Gasteiger partial charge in [0.1, 0.15) is 5.82 Å². The molecule has 112 valence electrons. The maximum atomic E-state index is 13.6. The van der Waals surface area contributed by atoms with E-state index in [0.29, 0.717) is 0 Å². The highest BCUT2D eigenvalue weighted by Gasteiger charge is 2.16. The first-order valence-electron chi connectivity index (χ1n) is 7.32. The molecule has 0 saturated heterocycles. The van der Waals surface area contributed by atoms with Crippen LogP contribution in [0.1, 0.15) is 29.5 Å². The molecule has 2 aromatic carbocycles. The summed E-state index contributed by atoms with van der Waals surface area (Å²) in [5.74, 6) is -0.0633. The zero-order chi connectivity index (χ0) is 15.2. The highest BCUT2D eigenvalue weighted by atomic mass is 35.5. The number of hydrogen-bond donors (Lipinski definition) is 1. The lowest BCUT2D eigenvalue weighted by Gasteiger charge is -2.20. The third-order valence-electron chi connectivity index (χ3n) is 3.77. The molecule has 0 aliphatic carbocycles. The van der Waals surface area contributed by atoms with Gasteiger partial charge in [0.25, 0.3) is 0 Å². The highest BCUT2D eigenvalue weighted by molar-refractivity contribution is 6.31. The molecule has 2 aromatic rings. The lowest BCUT2D eigenvalue weighted by Crippen LogP contribution is -2.23. The molecule has 0 amide bonds. The van der Waals surface area contributed by atoms with Gasteiger partial charge in [-0.05, 0) is 42.6 Å². The molecule has 1 N–H and O–H groups in total. The van der Waals surface area contributed by atoms with Crippen LogP contribution in [0.3, 0.4) is 0 Å². The molecule has 0 aliphatic rings. The van der Waals surface area contributed by atoms with Crippen LogP contribution in [-0.4, -0.2) is 13.1 Å². The van der Waals surface area contributed by atoms with Gasteiger partial charge in [0.05, 0.1) is 5.02 Å². The van der Waals surface area contributed by atoms with Crippen molar-refractivity contribution in [3.8, 4) is 0 Å². The summed E-state index contributed by atoms with van der Waals surface area (Å²) in [7, 11) is 0. The first-order valence-corrected chi connectivity index (χ1v) is 7.70. The van der Waals surface area contributed by atoms with Crippen molar-refractivity contribution < 1.29 is 4.39 Å². The minimum Gasteiger partial charge on any atom is -0.316 e. The number of nitrogens with one attached hydrogen (secondary N) is 1. The van der Waals surface area contributed by atoms with Gasteiger partial charge >= 0.3 is 0 Å². The summed E-state index contributed by atoms with van der Waals surface area (Å²) in [6.45, 7) is 5.97. The summed E-state index contributed by atoms with van der Waals surface area (Å²) in [5.41, 5.74) is 3.41. The molecule has 0 fully saturated rings. The predicted molar refractivity (Wildman–Crippen MR) is 87.6 cm³/mol. The summed E-state index contributed by atoms with van der Waals surface area (Å²) in [5, 5.41) is 3.63. The van der Waals surface area contributed by atoms with Gasteiger partial charge in [0.15, 0.2) is 0 Å². The summed E-state index contributed by atoms with van der Waals surface area (Å²) >= 11 is 6.10. The summed E-state index contributed by atoms with van der Waals surface area (Å²) in [4.78, 5) is 0. The Bertz CT molecular complexity index is 598. The number of hydrogen-bond acceptors (Lipinski definition) is 1. The Balaban J connectivity index is 2.28. The van der Waals surface area contributed by atoms with Crippen molar-refractivity contribution in [1.29, 1.82) is 0 Å². The number of likely N-dealkylation sites (N-methyl/N-ethyl adjacent to an activating group) is 1. The minimum atomic E-state index is -0.346. The molecule has 21 heavy (non-hydrogen) atoms. The standard InChI is InChI=1S/C18H21ClFN/c1-3-21-12-15(16-9-5-4-7-13(16)2)11-14-8-6-10-17(20)18(14)19/h4-10,15,21H,3,11-12H2,1-2H3. The van der Waals surface area contributed by atoms with E-state index < -0.39 is 0 Å². The molecule has 1 atom stereocenters. The van der Waals surface area contributed by atoms with E-state index >= 15 is 0 Å². The Morgan fingerprint density at radius 2 is 1.90 bits per heavy atom. The van der Waals surface area contributed by atoms with E-state index in [2.05, 4.69) is 37.4 Å². The second-order valence-corrected chi connectivity index (χ2v) is 5.66. The van der Waals surface area contributed by atoms with E-state index in [0.717, 1.165) is 25.1 Å². The van der Waals surface area contributed by atoms with Crippen LogP contribution >= 0.6 is 11.6 Å². The Morgan fingerprint density at radius 3 is 2.62 bits per heavy atom. The number of rotatable bonds is 6. The van der Waals surface area contributed by atoms with E-state index in [1.54, 1.807) is 6.07 Å². The fourth-order valence-electron chi connectivity index (χ4n) is 2.63. The van der Waals surface area contributed by atoms with Gasteiger partial charge in [0.2, 0.25) is 0 Å². The molecule has 0 heterocycles. The third kappa shape index (κ3) is 4.05. The molecule has 1 unspecified atom stereocenters. The monoisotopic (exact) mass is 305 g/mol. The first kappa shape index (κ1) is 16.0. The normalized spacial score (nSPS) is 12.4. The average molecular weight is 306 g/mol. The molecule has 2 rings (SSSR count). The summed E-state index contributed by atoms with van der Waals surface area (Å²) in [6, 6.07) is 13.4. The molecular formula is C18H21ClFN. The molecule has 1 nitrogen and oxygen atoms in total. The number of aryl methyl sites for hydroxylation is 1. The molecule has 0 saturated carbocycles. The highest BCUT2D eigenvalue weighted by Crippen LogP contribution is 2.28. The van der Waals surface area contributed by atoms with Crippen molar-refractivity contribution in [3.05, 3.63) is 70.0 Å². The van der Waals surface area contributed by atoms with Crippen LogP contribution in [0.2, 0.25) is 5.02 Å². The van der Waals surface area contributed by atoms with Crippen molar-refractivity contribution in [2.45, 2.75) is 26.2 Å². The van der Waals surface area contributed by atoms with Crippen molar-refractivity contribution in [3.63, 3.8) is 0 Å². The van der Waals surface area contributed by atoms with Crippen molar-refractivity contribution in [1.82, 2.24) is 5.32 Å². The Hall–Kier alpha value is -1.38. The van der Waals surface area contributed by atoms with E-state index in [-0.39, 0.29) is 16.8 Å². The Morgan fingerprint density at radius 1 is 1.14 bits per heavy atom. The van der Waals surface area contributed by atoms with Crippen LogP contribution in [0.4, 0.5) is 4.39 Å². The largest absolute Gasteiger partial charge is 0.316 e. The molecule has 0 spiro atoms. The van der Waals surface area contributed by atoms with Crippen molar-refractivity contribution in [2.75, 3.05) is 13.1 Å². The molecule has 0 bridgehead atoms. The molecule has 0 radical (unpaired) electrons. The van der Waals surface area contributed by atoms with Crippen LogP contribution in [0, 0.1) is 12.7 Å². The lowest BCUT2D eigenvalue weighted by molar-refractivity contribution is 0.586. The maximum Gasteiger partial charge on any atom is 0.142 e. The fraction of sp³-hybridized carbons (Fsp3) is 0.333. The van der Waals surface area contributed by atoms with Gasteiger partial charge in [-0.2, -0.15) is 0 Å². The Labute approximate surface area is 131 Å². The molecule has 0 aromatic heterocycles. The summed E-state index contributed by atoms with van der Waals surface area (Å²) < 4.78 is 13.6. The minimum absolute atomic E-state index is 0.243. The van der Waals surface area contributed by atoms with Crippen LogP contribution in [-0.2, 0) is 6.42 Å². The van der Waals surface area contributed by atoms with E-state index in [4.69, 9.17) is 11.6 Å². The van der Waals surface area contributed by atoms with Gasteiger partial charge in [-0.1, -0.05) is 54.9 Å². The van der Waals surface area contributed by atoms with Gasteiger partial charge in [-0.3, -0.25) is 0 Å². The maximum absolute atomic E-state index is 13.6. The number of halogens is 2. The molecule has 0 aliphatic heterocycles. The second kappa shape index (κ2) is 7.58. The zero-order valence-electron chi connectivity index (χ0n) is 12.5. The predicted octanol–water partition coefficient (Wildman–Crippen LogP) is 4.72. The fourth-order valence-corrected chi connectivity index (χ4v) is 2.83. The van der Waals surface area contributed by atoms with Gasteiger partial charge in [0, 0.05) is 12.5 Å². The first-order chi connectivity index (χ1) is 10.1. The Kier molecular flexibility index (Phi) is 5.77. The zero-order valence-corrected chi connectivity index (χ0v) is 13.3. The lowest BCUT2D eigenvalue weighted by atomic mass is 9.89. The summed E-state index contributed by atoms with van der Waals surface area (Å²) in [6.07, 6.45) is 0.731. The quantitative estimate of drug-likeness (QED) is 0.814. The smallest absolute Gasteiger partial charge is 0.142 e. The number of benzene rings is 2. The second-order valence-electron chi connectivity index (χ2n) is 5.28. The van der Waals surface area contributed by atoms with E-state index in [9.17, 15) is 4.39 Å².